The highest BCUT2D eigenvalue weighted by Gasteiger charge is 2.24. The van der Waals surface area contributed by atoms with Gasteiger partial charge in [-0.25, -0.2) is 8.42 Å². The summed E-state index contributed by atoms with van der Waals surface area (Å²) in [4.78, 5) is 17.1. The molecule has 1 aliphatic rings. The summed E-state index contributed by atoms with van der Waals surface area (Å²) in [6.07, 6.45) is 2.46. The first-order chi connectivity index (χ1) is 15.0. The number of benzene rings is 2. The van der Waals surface area contributed by atoms with E-state index in [0.717, 1.165) is 17.5 Å². The lowest BCUT2D eigenvalue weighted by atomic mass is 10.2. The van der Waals surface area contributed by atoms with Gasteiger partial charge in [0.1, 0.15) is 0 Å². The molecule has 2 heterocycles. The molecule has 0 radical (unpaired) electrons. The second-order valence-corrected chi connectivity index (χ2v) is 8.74. The van der Waals surface area contributed by atoms with Crippen molar-refractivity contribution in [3.8, 4) is 11.4 Å². The first-order valence-corrected chi connectivity index (χ1v) is 11.9. The van der Waals surface area contributed by atoms with Crippen LogP contribution in [0.1, 0.15) is 37.6 Å². The molecule has 0 atom stereocenters. The van der Waals surface area contributed by atoms with Crippen LogP contribution in [0.3, 0.4) is 0 Å². The molecule has 1 N–H and O–H groups in total. The predicted octanol–water partition coefficient (Wildman–Crippen LogP) is 4.35. The average molecular weight is 439 g/mol. The molecule has 3 aromatic rings. The van der Waals surface area contributed by atoms with Gasteiger partial charge in [0.2, 0.25) is 5.95 Å². The number of nitrogens with zero attached hydrogens (tertiary/aromatic N) is 3. The molecule has 31 heavy (non-hydrogen) atoms. The number of nitrogens with one attached hydrogen (secondary N) is 1. The summed E-state index contributed by atoms with van der Waals surface area (Å²) in [5, 5.41) is 7.26. The second kappa shape index (κ2) is 9.70. The Morgan fingerprint density at radius 2 is 1.71 bits per heavy atom. The number of hydrogen-bond donors (Lipinski definition) is 1. The highest BCUT2D eigenvalue weighted by Crippen LogP contribution is 2.23. The van der Waals surface area contributed by atoms with E-state index in [-0.39, 0.29) is 28.9 Å². The molecule has 8 heteroatoms. The number of aryl methyl sites for hydroxylation is 1. The van der Waals surface area contributed by atoms with Crippen molar-refractivity contribution in [2.75, 3.05) is 11.1 Å². The smallest absolute Gasteiger partial charge is 0.253 e. The van der Waals surface area contributed by atoms with E-state index in [0.29, 0.717) is 11.5 Å². The van der Waals surface area contributed by atoms with Crippen LogP contribution in [0.4, 0.5) is 5.95 Å². The van der Waals surface area contributed by atoms with Crippen molar-refractivity contribution < 1.29 is 13.2 Å². The molecular weight excluding hydrogens is 412 g/mol. The lowest BCUT2D eigenvalue weighted by Gasteiger charge is -2.09. The molecule has 1 aliphatic heterocycles. The van der Waals surface area contributed by atoms with Crippen LogP contribution in [-0.2, 0) is 16.3 Å². The topological polar surface area (TPSA) is 94.0 Å². The minimum atomic E-state index is -3.57. The maximum Gasteiger partial charge on any atom is 0.253 e. The molecule has 0 bridgehead atoms. The Bertz CT molecular complexity index is 1180. The summed E-state index contributed by atoms with van der Waals surface area (Å²) in [5.74, 6) is 0.0935. The Morgan fingerprint density at radius 1 is 1.03 bits per heavy atom. The molecular formula is C23H26N4O3S. The SMILES string of the molecule is CC.CCc1ccc(S(=O)(=O)CC2=CCC(=O)n3nc(-c4ccccc4)nc3N2)cc1. The molecule has 2 aromatic carbocycles. The van der Waals surface area contributed by atoms with Crippen LogP contribution in [0.5, 0.6) is 0 Å². The molecule has 4 rings (SSSR count). The first-order valence-electron chi connectivity index (χ1n) is 10.3. The van der Waals surface area contributed by atoms with E-state index in [4.69, 9.17) is 0 Å². The van der Waals surface area contributed by atoms with E-state index in [9.17, 15) is 13.2 Å². The molecule has 1 aromatic heterocycles. The molecule has 0 saturated carbocycles. The third-order valence-corrected chi connectivity index (χ3v) is 6.39. The number of fused-ring (bicyclic) bond motifs is 1. The highest BCUT2D eigenvalue weighted by atomic mass is 32.2. The quantitative estimate of drug-likeness (QED) is 0.637. The molecule has 0 saturated heterocycles. The van der Waals surface area contributed by atoms with Gasteiger partial charge in [0, 0.05) is 17.7 Å². The number of rotatable bonds is 5. The van der Waals surface area contributed by atoms with Crippen molar-refractivity contribution in [3.63, 3.8) is 0 Å². The van der Waals surface area contributed by atoms with Crippen LogP contribution in [0.25, 0.3) is 11.4 Å². The molecule has 0 amide bonds. The fourth-order valence-electron chi connectivity index (χ4n) is 3.08. The predicted molar refractivity (Wildman–Crippen MR) is 122 cm³/mol. The van der Waals surface area contributed by atoms with E-state index >= 15 is 0 Å². The van der Waals surface area contributed by atoms with Crippen molar-refractivity contribution in [2.24, 2.45) is 0 Å². The largest absolute Gasteiger partial charge is 0.327 e. The zero-order valence-corrected chi connectivity index (χ0v) is 18.7. The summed E-state index contributed by atoms with van der Waals surface area (Å²) < 4.78 is 26.8. The Labute approximate surface area is 182 Å². The van der Waals surface area contributed by atoms with Gasteiger partial charge < -0.3 is 5.32 Å². The zero-order chi connectivity index (χ0) is 22.4. The van der Waals surface area contributed by atoms with Gasteiger partial charge >= 0.3 is 0 Å². The van der Waals surface area contributed by atoms with Gasteiger partial charge in [-0.3, -0.25) is 4.79 Å². The van der Waals surface area contributed by atoms with Crippen molar-refractivity contribution in [1.82, 2.24) is 14.8 Å². The van der Waals surface area contributed by atoms with Crippen LogP contribution in [0.2, 0.25) is 0 Å². The standard InChI is InChI=1S/C21H20N4O3S.C2H6/c1-2-15-8-11-18(12-9-15)29(27,28)14-17-10-13-19(26)25-21(22-17)23-20(24-25)16-6-4-3-5-7-16;1-2/h3-12H,2,13-14H2,1H3,(H,22,23,24);1-2H3. The van der Waals surface area contributed by atoms with Gasteiger partial charge in [0.25, 0.3) is 5.91 Å². The maximum absolute atomic E-state index is 12.8. The Balaban J connectivity index is 0.00000132. The van der Waals surface area contributed by atoms with Gasteiger partial charge in [-0.05, 0) is 24.1 Å². The molecule has 162 valence electrons. The molecule has 0 spiro atoms. The number of sulfone groups is 1. The van der Waals surface area contributed by atoms with Crippen molar-refractivity contribution in [2.45, 2.75) is 38.5 Å². The van der Waals surface area contributed by atoms with Gasteiger partial charge in [0.05, 0.1) is 10.6 Å². The lowest BCUT2D eigenvalue weighted by molar-refractivity contribution is 0.0905. The van der Waals surface area contributed by atoms with Crippen molar-refractivity contribution in [1.29, 1.82) is 0 Å². The number of carbonyl (C=O) groups excluding carboxylic acids is 1. The molecule has 0 aliphatic carbocycles. The minimum Gasteiger partial charge on any atom is -0.327 e. The van der Waals surface area contributed by atoms with E-state index in [1.165, 1.54) is 4.68 Å². The normalized spacial score (nSPS) is 13.3. The number of anilines is 1. The fraction of sp³-hybridized carbons (Fsp3) is 0.261. The number of allylic oxidation sites excluding steroid dienone is 1. The number of hydrogen-bond acceptors (Lipinski definition) is 6. The summed E-state index contributed by atoms with van der Waals surface area (Å²) in [7, 11) is -3.57. The van der Waals surface area contributed by atoms with Crippen LogP contribution in [0.15, 0.2) is 71.3 Å². The van der Waals surface area contributed by atoms with E-state index in [2.05, 4.69) is 15.4 Å². The summed E-state index contributed by atoms with van der Waals surface area (Å²) in [6, 6.07) is 16.2. The Hall–Kier alpha value is -3.26. The van der Waals surface area contributed by atoms with Gasteiger partial charge in [-0.15, -0.1) is 5.10 Å². The number of carbonyl (C=O) groups is 1. The van der Waals surface area contributed by atoms with Crippen LogP contribution < -0.4 is 5.32 Å². The van der Waals surface area contributed by atoms with Gasteiger partial charge in [0.15, 0.2) is 15.7 Å². The second-order valence-electron chi connectivity index (χ2n) is 6.75. The third-order valence-electron chi connectivity index (χ3n) is 4.71. The fourth-order valence-corrected chi connectivity index (χ4v) is 4.40. The maximum atomic E-state index is 12.8. The monoisotopic (exact) mass is 438 g/mol. The average Bonchev–Trinajstić information content (AvgIpc) is 3.17. The van der Waals surface area contributed by atoms with Gasteiger partial charge in [-0.2, -0.15) is 9.67 Å². The Morgan fingerprint density at radius 3 is 2.35 bits per heavy atom. The first kappa shape index (κ1) is 22.4. The van der Waals surface area contributed by atoms with Crippen LogP contribution >= 0.6 is 0 Å². The van der Waals surface area contributed by atoms with E-state index < -0.39 is 9.84 Å². The number of aromatic nitrogens is 3. The van der Waals surface area contributed by atoms with Crippen molar-refractivity contribution in [3.05, 3.63) is 71.9 Å². The summed E-state index contributed by atoms with van der Waals surface area (Å²) in [6.45, 7) is 6.01. The Kier molecular flexibility index (Phi) is 7.02. The van der Waals surface area contributed by atoms with Crippen LogP contribution in [0, 0.1) is 0 Å². The lowest BCUT2D eigenvalue weighted by Crippen LogP contribution is -2.16. The highest BCUT2D eigenvalue weighted by molar-refractivity contribution is 7.91. The third kappa shape index (κ3) is 5.08. The zero-order valence-electron chi connectivity index (χ0n) is 17.9. The molecule has 0 unspecified atom stereocenters. The molecule has 0 fully saturated rings. The van der Waals surface area contributed by atoms with Crippen molar-refractivity contribution >= 4 is 21.7 Å². The summed E-state index contributed by atoms with van der Waals surface area (Å²) >= 11 is 0. The summed E-state index contributed by atoms with van der Waals surface area (Å²) in [5.41, 5.74) is 2.25. The van der Waals surface area contributed by atoms with E-state index in [1.54, 1.807) is 18.2 Å². The minimum absolute atomic E-state index is 0.0389. The van der Waals surface area contributed by atoms with E-state index in [1.807, 2.05) is 63.2 Å². The van der Waals surface area contributed by atoms with Crippen LogP contribution in [-0.4, -0.2) is 34.8 Å². The van der Waals surface area contributed by atoms with Gasteiger partial charge in [-0.1, -0.05) is 69.3 Å². The molecule has 7 nitrogen and oxygen atoms in total.